The Morgan fingerprint density at radius 1 is 1.29 bits per heavy atom. The summed E-state index contributed by atoms with van der Waals surface area (Å²) in [6.07, 6.45) is 0.902. The number of aliphatic hydroxyl groups is 1. The highest BCUT2D eigenvalue weighted by Gasteiger charge is 2.14. The second kappa shape index (κ2) is 7.27. The number of aromatic nitrogens is 1. The average Bonchev–Trinajstić information content (AvgIpc) is 2.94. The number of aliphatic hydroxyl groups excluding tert-OH is 1. The lowest BCUT2D eigenvalue weighted by molar-refractivity contribution is 0.0456. The number of benzene rings is 1. The fourth-order valence-electron chi connectivity index (χ4n) is 1.95. The Morgan fingerprint density at radius 2 is 2.05 bits per heavy atom. The van der Waals surface area contributed by atoms with Crippen LogP contribution >= 0.6 is 0 Å². The van der Waals surface area contributed by atoms with Crippen LogP contribution in [0.2, 0.25) is 0 Å². The van der Waals surface area contributed by atoms with Crippen LogP contribution in [0.3, 0.4) is 0 Å². The van der Waals surface area contributed by atoms with E-state index in [-0.39, 0.29) is 19.6 Å². The highest BCUT2D eigenvalue weighted by Crippen LogP contribution is 2.09. The monoisotopic (exact) mass is 284 g/mol. The molecule has 2 aromatic rings. The van der Waals surface area contributed by atoms with Crippen molar-refractivity contribution in [2.75, 3.05) is 0 Å². The first-order chi connectivity index (χ1) is 10.2. The van der Waals surface area contributed by atoms with Gasteiger partial charge in [-0.2, -0.15) is 5.26 Å². The van der Waals surface area contributed by atoms with Crippen LogP contribution in [0.4, 0.5) is 0 Å². The van der Waals surface area contributed by atoms with E-state index in [0.717, 1.165) is 5.56 Å². The van der Waals surface area contributed by atoms with E-state index in [1.54, 1.807) is 22.9 Å². The molecule has 0 aliphatic heterocycles. The molecule has 108 valence electrons. The summed E-state index contributed by atoms with van der Waals surface area (Å²) in [5, 5.41) is 18.2. The molecular formula is C16H16N2O3. The first-order valence-corrected chi connectivity index (χ1v) is 6.62. The largest absolute Gasteiger partial charge is 0.456 e. The minimum Gasteiger partial charge on any atom is -0.456 e. The summed E-state index contributed by atoms with van der Waals surface area (Å²) in [5.74, 6) is -0.451. The van der Waals surface area contributed by atoms with E-state index in [1.807, 2.05) is 36.4 Å². The molecule has 1 aromatic carbocycles. The topological polar surface area (TPSA) is 75.2 Å². The molecular weight excluding hydrogens is 268 g/mol. The van der Waals surface area contributed by atoms with Crippen LogP contribution in [0, 0.1) is 11.3 Å². The molecule has 0 unspecified atom stereocenters. The Balaban J connectivity index is 1.97. The summed E-state index contributed by atoms with van der Waals surface area (Å²) in [5.41, 5.74) is 1.27. The number of nitriles is 1. The highest BCUT2D eigenvalue weighted by atomic mass is 16.5. The van der Waals surface area contributed by atoms with Crippen molar-refractivity contribution in [2.24, 2.45) is 0 Å². The first kappa shape index (κ1) is 14.8. The van der Waals surface area contributed by atoms with E-state index in [9.17, 15) is 9.90 Å². The van der Waals surface area contributed by atoms with Gasteiger partial charge in [0.25, 0.3) is 0 Å². The maximum atomic E-state index is 12.0. The van der Waals surface area contributed by atoms with E-state index in [4.69, 9.17) is 10.00 Å². The molecule has 5 heteroatoms. The van der Waals surface area contributed by atoms with Crippen molar-refractivity contribution in [1.29, 1.82) is 5.26 Å². The SMILES string of the molecule is N#CC[C@H](O)Cn1cccc1C(=O)OCc1ccccc1. The molecule has 1 atom stereocenters. The van der Waals surface area contributed by atoms with Gasteiger partial charge in [0.05, 0.1) is 18.6 Å². The molecule has 2 rings (SSSR count). The summed E-state index contributed by atoms with van der Waals surface area (Å²) in [4.78, 5) is 12.0. The molecule has 0 radical (unpaired) electrons. The second-order valence-electron chi connectivity index (χ2n) is 4.62. The third-order valence-electron chi connectivity index (χ3n) is 2.99. The number of nitrogens with zero attached hydrogens (tertiary/aromatic N) is 2. The molecule has 0 aliphatic rings. The van der Waals surface area contributed by atoms with Crippen molar-refractivity contribution in [3.8, 4) is 6.07 Å². The summed E-state index contributed by atoms with van der Waals surface area (Å²) < 4.78 is 6.84. The Kier molecular flexibility index (Phi) is 5.13. The van der Waals surface area contributed by atoms with Crippen LogP contribution in [0.15, 0.2) is 48.7 Å². The predicted octanol–water partition coefficient (Wildman–Crippen LogP) is 2.12. The van der Waals surface area contributed by atoms with Crippen LogP contribution in [-0.2, 0) is 17.9 Å². The lowest BCUT2D eigenvalue weighted by Crippen LogP contribution is -2.19. The lowest BCUT2D eigenvalue weighted by atomic mass is 10.2. The van der Waals surface area contributed by atoms with Crippen LogP contribution < -0.4 is 0 Å². The van der Waals surface area contributed by atoms with Crippen molar-refractivity contribution in [3.63, 3.8) is 0 Å². The van der Waals surface area contributed by atoms with Gasteiger partial charge in [0, 0.05) is 12.7 Å². The van der Waals surface area contributed by atoms with Crippen molar-refractivity contribution >= 4 is 5.97 Å². The molecule has 21 heavy (non-hydrogen) atoms. The fourth-order valence-corrected chi connectivity index (χ4v) is 1.95. The van der Waals surface area contributed by atoms with E-state index in [0.29, 0.717) is 5.69 Å². The zero-order valence-electron chi connectivity index (χ0n) is 11.5. The maximum Gasteiger partial charge on any atom is 0.355 e. The number of hydrogen-bond donors (Lipinski definition) is 1. The molecule has 0 saturated heterocycles. The molecule has 1 N–H and O–H groups in total. The van der Waals surface area contributed by atoms with Gasteiger partial charge in [0.15, 0.2) is 0 Å². The van der Waals surface area contributed by atoms with Gasteiger partial charge >= 0.3 is 5.97 Å². The van der Waals surface area contributed by atoms with Crippen molar-refractivity contribution < 1.29 is 14.6 Å². The van der Waals surface area contributed by atoms with Gasteiger partial charge in [0.1, 0.15) is 12.3 Å². The number of carbonyl (C=O) groups is 1. The van der Waals surface area contributed by atoms with Gasteiger partial charge in [0.2, 0.25) is 0 Å². The van der Waals surface area contributed by atoms with Crippen LogP contribution in [0.5, 0.6) is 0 Å². The van der Waals surface area contributed by atoms with Gasteiger partial charge < -0.3 is 14.4 Å². The predicted molar refractivity (Wildman–Crippen MR) is 76.2 cm³/mol. The third-order valence-corrected chi connectivity index (χ3v) is 2.99. The van der Waals surface area contributed by atoms with E-state index < -0.39 is 12.1 Å². The molecule has 0 fully saturated rings. The van der Waals surface area contributed by atoms with Crippen LogP contribution in [0.25, 0.3) is 0 Å². The van der Waals surface area contributed by atoms with Gasteiger partial charge in [-0.1, -0.05) is 30.3 Å². The van der Waals surface area contributed by atoms with Gasteiger partial charge in [-0.05, 0) is 17.7 Å². The highest BCUT2D eigenvalue weighted by molar-refractivity contribution is 5.87. The molecule has 0 amide bonds. The number of ether oxygens (including phenoxy) is 1. The normalized spacial score (nSPS) is 11.6. The van der Waals surface area contributed by atoms with Gasteiger partial charge in [-0.25, -0.2) is 4.79 Å². The quantitative estimate of drug-likeness (QED) is 0.824. The van der Waals surface area contributed by atoms with Crippen molar-refractivity contribution in [1.82, 2.24) is 4.57 Å². The zero-order valence-corrected chi connectivity index (χ0v) is 11.5. The lowest BCUT2D eigenvalue weighted by Gasteiger charge is -2.12. The molecule has 0 spiro atoms. The first-order valence-electron chi connectivity index (χ1n) is 6.62. The van der Waals surface area contributed by atoms with E-state index in [2.05, 4.69) is 0 Å². The average molecular weight is 284 g/mol. The molecule has 1 heterocycles. The Bertz CT molecular complexity index is 628. The van der Waals surface area contributed by atoms with Crippen LogP contribution in [0.1, 0.15) is 22.5 Å². The van der Waals surface area contributed by atoms with Crippen molar-refractivity contribution in [3.05, 3.63) is 59.9 Å². The number of rotatable bonds is 6. The number of esters is 1. The molecule has 0 bridgehead atoms. The number of carbonyl (C=O) groups excluding carboxylic acids is 1. The van der Waals surface area contributed by atoms with Crippen molar-refractivity contribution in [2.45, 2.75) is 25.7 Å². The molecule has 1 aromatic heterocycles. The van der Waals surface area contributed by atoms with E-state index >= 15 is 0 Å². The summed E-state index contributed by atoms with van der Waals surface area (Å²) >= 11 is 0. The number of hydrogen-bond acceptors (Lipinski definition) is 4. The second-order valence-corrected chi connectivity index (χ2v) is 4.62. The standard InChI is InChI=1S/C16H16N2O3/c17-9-8-14(19)11-18-10-4-7-15(18)16(20)21-12-13-5-2-1-3-6-13/h1-7,10,14,19H,8,11-12H2/t14-/m0/s1. The Hall–Kier alpha value is -2.58. The fraction of sp³-hybridized carbons (Fsp3) is 0.250. The minimum atomic E-state index is -0.803. The zero-order chi connectivity index (χ0) is 15.1. The molecule has 5 nitrogen and oxygen atoms in total. The van der Waals surface area contributed by atoms with E-state index in [1.165, 1.54) is 0 Å². The molecule has 0 aliphatic carbocycles. The third kappa shape index (κ3) is 4.20. The maximum absolute atomic E-state index is 12.0. The summed E-state index contributed by atoms with van der Waals surface area (Å²) in [7, 11) is 0. The minimum absolute atomic E-state index is 0.0245. The summed E-state index contributed by atoms with van der Waals surface area (Å²) in [6, 6.07) is 14.6. The summed E-state index contributed by atoms with van der Waals surface area (Å²) in [6.45, 7) is 0.391. The van der Waals surface area contributed by atoms with Crippen LogP contribution in [-0.4, -0.2) is 21.7 Å². The smallest absolute Gasteiger partial charge is 0.355 e. The molecule has 0 saturated carbocycles. The Labute approximate surface area is 123 Å². The van der Waals surface area contributed by atoms with Gasteiger partial charge in [-0.15, -0.1) is 0 Å². The van der Waals surface area contributed by atoms with Gasteiger partial charge in [-0.3, -0.25) is 0 Å². The Morgan fingerprint density at radius 3 is 2.76 bits per heavy atom.